The van der Waals surface area contributed by atoms with Crippen LogP contribution < -0.4 is 0 Å². The molecule has 0 aromatic heterocycles. The van der Waals surface area contributed by atoms with Crippen LogP contribution in [0, 0.1) is 0 Å². The molecule has 2 nitrogen and oxygen atoms in total. The first kappa shape index (κ1) is 28.7. The van der Waals surface area contributed by atoms with Gasteiger partial charge in [-0.1, -0.05) is 120 Å². The Hall–Kier alpha value is -1.31. The molecule has 0 atom stereocenters. The summed E-state index contributed by atoms with van der Waals surface area (Å²) in [5.74, 6) is -0.691. The summed E-state index contributed by atoms with van der Waals surface area (Å²) < 4.78 is 0. The average Bonchev–Trinajstić information content (AvgIpc) is 2.73. The second-order valence-corrected chi connectivity index (χ2v) is 8.56. The number of carboxylic acids is 1. The minimum absolute atomic E-state index is 0.291. The first-order valence-corrected chi connectivity index (χ1v) is 12.9. The van der Waals surface area contributed by atoms with Crippen molar-refractivity contribution in [2.24, 2.45) is 0 Å². The van der Waals surface area contributed by atoms with E-state index in [1.54, 1.807) is 0 Å². The van der Waals surface area contributed by atoms with Crippen molar-refractivity contribution in [3.8, 4) is 0 Å². The summed E-state index contributed by atoms with van der Waals surface area (Å²) in [6.07, 6.45) is 38.1. The van der Waals surface area contributed by atoms with E-state index in [1.807, 2.05) is 0 Å². The molecule has 1 N–H and O–H groups in total. The van der Waals surface area contributed by atoms with Gasteiger partial charge in [0.25, 0.3) is 0 Å². The van der Waals surface area contributed by atoms with Crippen LogP contribution in [0.4, 0.5) is 0 Å². The molecular weight excluding hydrogens is 368 g/mol. The zero-order chi connectivity index (χ0) is 22.0. The van der Waals surface area contributed by atoms with E-state index in [0.29, 0.717) is 6.42 Å². The quantitative estimate of drug-likeness (QED) is 0.132. The Morgan fingerprint density at radius 1 is 0.533 bits per heavy atom. The predicted molar refractivity (Wildman–Crippen MR) is 133 cm³/mol. The molecule has 0 saturated carbocycles. The monoisotopic (exact) mass is 418 g/mol. The number of hydrogen-bond acceptors (Lipinski definition) is 1. The highest BCUT2D eigenvalue weighted by atomic mass is 16.4. The Kier molecular flexibility index (Phi) is 24.6. The van der Waals surface area contributed by atoms with Crippen molar-refractivity contribution in [3.63, 3.8) is 0 Å². The van der Waals surface area contributed by atoms with Gasteiger partial charge in [-0.15, -0.1) is 0 Å². The summed E-state index contributed by atoms with van der Waals surface area (Å²) in [6.45, 7) is 2.29. The lowest BCUT2D eigenvalue weighted by molar-refractivity contribution is -0.137. The summed E-state index contributed by atoms with van der Waals surface area (Å²) in [7, 11) is 0. The second kappa shape index (κ2) is 25.7. The minimum atomic E-state index is -0.691. The Labute approximate surface area is 187 Å². The molecule has 0 fully saturated rings. The molecule has 0 unspecified atom stereocenters. The largest absolute Gasteiger partial charge is 0.481 e. The van der Waals surface area contributed by atoms with Crippen molar-refractivity contribution < 1.29 is 9.90 Å². The van der Waals surface area contributed by atoms with Gasteiger partial charge in [0.1, 0.15) is 0 Å². The molecule has 2 heteroatoms. The fraction of sp³-hybridized carbons (Fsp3) is 0.750. The molecule has 0 amide bonds. The van der Waals surface area contributed by atoms with E-state index in [2.05, 4.69) is 43.4 Å². The van der Waals surface area contributed by atoms with Crippen LogP contribution in [0.15, 0.2) is 36.5 Å². The molecule has 0 radical (unpaired) electrons. The normalized spacial score (nSPS) is 12.0. The molecule has 0 aliphatic carbocycles. The smallest absolute Gasteiger partial charge is 0.303 e. The van der Waals surface area contributed by atoms with E-state index >= 15 is 0 Å². The lowest BCUT2D eigenvalue weighted by Gasteiger charge is -2.02. The fourth-order valence-corrected chi connectivity index (χ4v) is 3.60. The molecule has 174 valence electrons. The van der Waals surface area contributed by atoms with E-state index in [9.17, 15) is 4.79 Å². The maximum absolute atomic E-state index is 10.4. The third-order valence-electron chi connectivity index (χ3n) is 5.53. The molecule has 0 rings (SSSR count). The van der Waals surface area contributed by atoms with Crippen LogP contribution in [-0.4, -0.2) is 11.1 Å². The highest BCUT2D eigenvalue weighted by Crippen LogP contribution is 2.13. The third-order valence-corrected chi connectivity index (χ3v) is 5.53. The van der Waals surface area contributed by atoms with Gasteiger partial charge in [0.15, 0.2) is 0 Å². The molecule has 0 bridgehead atoms. The average molecular weight is 419 g/mol. The standard InChI is InChI=1S/C28H50O2/c1-2-3-4-5-6-7-8-9-10-11-12-13-14-15-16-17-18-19-20-21-22-23-24-25-26-27-28(29)30/h16-17,19-20,22-23H,2-15,18,21,24-27H2,1H3,(H,29,30)/b17-16?,20-19?,23-22-. The van der Waals surface area contributed by atoms with Gasteiger partial charge in [-0.3, -0.25) is 4.79 Å². The van der Waals surface area contributed by atoms with Crippen LogP contribution in [0.25, 0.3) is 0 Å². The predicted octanol–water partition coefficient (Wildman–Crippen LogP) is 9.56. The van der Waals surface area contributed by atoms with E-state index in [4.69, 9.17) is 5.11 Å². The first-order valence-electron chi connectivity index (χ1n) is 12.9. The number of carbonyl (C=O) groups is 1. The molecule has 0 aliphatic heterocycles. The van der Waals surface area contributed by atoms with Gasteiger partial charge >= 0.3 is 5.97 Å². The highest BCUT2D eigenvalue weighted by Gasteiger charge is 1.94. The van der Waals surface area contributed by atoms with Gasteiger partial charge < -0.3 is 5.11 Å². The Morgan fingerprint density at radius 3 is 1.33 bits per heavy atom. The molecule has 0 aliphatic rings. The van der Waals surface area contributed by atoms with E-state index in [-0.39, 0.29) is 0 Å². The van der Waals surface area contributed by atoms with Gasteiger partial charge in [0.2, 0.25) is 0 Å². The van der Waals surface area contributed by atoms with Crippen molar-refractivity contribution in [2.45, 2.75) is 135 Å². The van der Waals surface area contributed by atoms with Gasteiger partial charge in [0, 0.05) is 6.42 Å². The maximum Gasteiger partial charge on any atom is 0.303 e. The summed E-state index contributed by atoms with van der Waals surface area (Å²) >= 11 is 0. The van der Waals surface area contributed by atoms with Crippen LogP contribution in [0.2, 0.25) is 0 Å². The van der Waals surface area contributed by atoms with Crippen LogP contribution >= 0.6 is 0 Å². The number of unbranched alkanes of at least 4 members (excludes halogenated alkanes) is 15. The van der Waals surface area contributed by atoms with Crippen LogP contribution in [0.1, 0.15) is 135 Å². The highest BCUT2D eigenvalue weighted by molar-refractivity contribution is 5.66. The van der Waals surface area contributed by atoms with Gasteiger partial charge in [0.05, 0.1) is 0 Å². The SMILES string of the molecule is CCCCCCCCCCCCCCCC=CCC=CC/C=C\CCCCC(=O)O. The van der Waals surface area contributed by atoms with Crippen LogP contribution in [-0.2, 0) is 4.79 Å². The Balaban J connectivity index is 3.23. The van der Waals surface area contributed by atoms with Gasteiger partial charge in [-0.25, -0.2) is 0 Å². The zero-order valence-electron chi connectivity index (χ0n) is 20.0. The summed E-state index contributed by atoms with van der Waals surface area (Å²) in [5, 5.41) is 8.56. The van der Waals surface area contributed by atoms with Crippen molar-refractivity contribution in [2.75, 3.05) is 0 Å². The maximum atomic E-state index is 10.4. The summed E-state index contributed by atoms with van der Waals surface area (Å²) in [4.78, 5) is 10.4. The number of allylic oxidation sites excluding steroid dienone is 6. The summed E-state index contributed by atoms with van der Waals surface area (Å²) in [6, 6.07) is 0. The molecule has 0 spiro atoms. The van der Waals surface area contributed by atoms with Crippen LogP contribution in [0.3, 0.4) is 0 Å². The van der Waals surface area contributed by atoms with Crippen molar-refractivity contribution in [1.82, 2.24) is 0 Å². The van der Waals surface area contributed by atoms with Crippen molar-refractivity contribution in [1.29, 1.82) is 0 Å². The number of rotatable bonds is 23. The van der Waals surface area contributed by atoms with Crippen molar-refractivity contribution >= 4 is 5.97 Å². The molecule has 0 saturated heterocycles. The zero-order valence-corrected chi connectivity index (χ0v) is 20.0. The molecular formula is C28H50O2. The Morgan fingerprint density at radius 2 is 0.900 bits per heavy atom. The number of hydrogen-bond donors (Lipinski definition) is 1. The Bertz CT molecular complexity index is 434. The third kappa shape index (κ3) is 26.7. The van der Waals surface area contributed by atoms with Crippen molar-refractivity contribution in [3.05, 3.63) is 36.5 Å². The van der Waals surface area contributed by atoms with Crippen LogP contribution in [0.5, 0.6) is 0 Å². The summed E-state index contributed by atoms with van der Waals surface area (Å²) in [5.41, 5.74) is 0. The fourth-order valence-electron chi connectivity index (χ4n) is 3.60. The lowest BCUT2D eigenvalue weighted by Crippen LogP contribution is -1.92. The number of carboxylic acid groups (broad SMARTS) is 1. The lowest BCUT2D eigenvalue weighted by atomic mass is 10.0. The molecule has 0 heterocycles. The van der Waals surface area contributed by atoms with Gasteiger partial charge in [-0.05, 0) is 44.9 Å². The van der Waals surface area contributed by atoms with Gasteiger partial charge in [-0.2, -0.15) is 0 Å². The second-order valence-electron chi connectivity index (χ2n) is 8.56. The molecule has 30 heavy (non-hydrogen) atoms. The van der Waals surface area contributed by atoms with E-state index in [0.717, 1.165) is 32.1 Å². The molecule has 0 aromatic carbocycles. The topological polar surface area (TPSA) is 37.3 Å². The first-order chi connectivity index (χ1) is 14.8. The molecule has 0 aromatic rings. The van der Waals surface area contributed by atoms with E-state index < -0.39 is 5.97 Å². The van der Waals surface area contributed by atoms with E-state index in [1.165, 1.54) is 89.9 Å². The minimum Gasteiger partial charge on any atom is -0.481 e. The number of aliphatic carboxylic acids is 1.